The van der Waals surface area contributed by atoms with Crippen LogP contribution in [0.3, 0.4) is 0 Å². The molecular formula is C23H30N4O6S2. The third-order valence-electron chi connectivity index (χ3n) is 6.01. The molecule has 4 rings (SSSR count). The molecule has 10 nitrogen and oxygen atoms in total. The summed E-state index contributed by atoms with van der Waals surface area (Å²) in [6, 6.07) is 9.77. The monoisotopic (exact) mass is 522 g/mol. The first-order chi connectivity index (χ1) is 16.6. The molecule has 3 N–H and O–H groups in total. The van der Waals surface area contributed by atoms with E-state index in [4.69, 9.17) is 14.3 Å². The second-order valence-corrected chi connectivity index (χ2v) is 12.3. The number of hydrogen-bond acceptors (Lipinski definition) is 9. The highest BCUT2D eigenvalue weighted by molar-refractivity contribution is 7.91. The third kappa shape index (κ3) is 5.77. The molecule has 3 aromatic rings. The van der Waals surface area contributed by atoms with Gasteiger partial charge in [0.25, 0.3) is 6.01 Å². The van der Waals surface area contributed by atoms with Crippen LogP contribution in [0.4, 0.5) is 6.01 Å². The number of aromatic nitrogens is 1. The molecule has 1 saturated heterocycles. The summed E-state index contributed by atoms with van der Waals surface area (Å²) in [6.45, 7) is 5.85. The number of nitrogens with zero attached hydrogens (tertiary/aromatic N) is 2. The van der Waals surface area contributed by atoms with E-state index in [1.54, 1.807) is 19.1 Å². The molecule has 1 aliphatic heterocycles. The number of ether oxygens (including phenoxy) is 1. The predicted molar refractivity (Wildman–Crippen MR) is 133 cm³/mol. The van der Waals surface area contributed by atoms with Crippen molar-refractivity contribution in [1.29, 1.82) is 0 Å². The molecule has 12 heteroatoms. The minimum atomic E-state index is -3.88. The Morgan fingerprint density at radius 1 is 1.09 bits per heavy atom. The van der Waals surface area contributed by atoms with E-state index in [9.17, 15) is 16.8 Å². The van der Waals surface area contributed by atoms with Gasteiger partial charge in [-0.25, -0.2) is 22.0 Å². The van der Waals surface area contributed by atoms with Gasteiger partial charge >= 0.3 is 0 Å². The van der Waals surface area contributed by atoms with Gasteiger partial charge < -0.3 is 19.4 Å². The molecule has 190 valence electrons. The fourth-order valence-electron chi connectivity index (χ4n) is 4.18. The molecule has 1 aromatic heterocycles. The van der Waals surface area contributed by atoms with Crippen LogP contribution in [-0.4, -0.2) is 53.3 Å². The lowest BCUT2D eigenvalue weighted by Gasteiger charge is -2.33. The molecule has 1 aliphatic rings. The van der Waals surface area contributed by atoms with E-state index in [-0.39, 0.29) is 21.6 Å². The van der Waals surface area contributed by atoms with Crippen molar-refractivity contribution in [3.63, 3.8) is 0 Å². The van der Waals surface area contributed by atoms with Gasteiger partial charge in [0.1, 0.15) is 11.3 Å². The largest absolute Gasteiger partial charge is 0.494 e. The van der Waals surface area contributed by atoms with Gasteiger partial charge in [-0.3, -0.25) is 0 Å². The van der Waals surface area contributed by atoms with Gasteiger partial charge in [0.15, 0.2) is 15.4 Å². The van der Waals surface area contributed by atoms with Crippen LogP contribution in [-0.2, 0) is 26.4 Å². The Bertz CT molecular complexity index is 1410. The lowest BCUT2D eigenvalue weighted by molar-refractivity contribution is 0.338. The number of nitrogens with two attached hydrogens (primary N) is 1. The number of sulfonamides is 1. The van der Waals surface area contributed by atoms with Crippen molar-refractivity contribution < 1.29 is 26.0 Å². The number of hydrogen-bond donors (Lipinski definition) is 2. The minimum Gasteiger partial charge on any atom is -0.494 e. The summed E-state index contributed by atoms with van der Waals surface area (Å²) in [5.41, 5.74) is 1.56. The van der Waals surface area contributed by atoms with Gasteiger partial charge in [-0.2, -0.15) is 4.98 Å². The van der Waals surface area contributed by atoms with Crippen molar-refractivity contribution in [1.82, 2.24) is 10.3 Å². The summed E-state index contributed by atoms with van der Waals surface area (Å²) in [5.74, 6) is 0.468. The first-order valence-corrected chi connectivity index (χ1v) is 14.7. The van der Waals surface area contributed by atoms with Gasteiger partial charge in [-0.05, 0) is 74.8 Å². The van der Waals surface area contributed by atoms with Gasteiger partial charge in [0, 0.05) is 12.6 Å². The summed E-state index contributed by atoms with van der Waals surface area (Å²) >= 11 is 0. The van der Waals surface area contributed by atoms with E-state index in [0.29, 0.717) is 36.0 Å². The Labute approximate surface area is 205 Å². The maximum absolute atomic E-state index is 12.6. The molecular weight excluding hydrogens is 492 g/mol. The van der Waals surface area contributed by atoms with Crippen LogP contribution >= 0.6 is 0 Å². The maximum atomic E-state index is 12.6. The van der Waals surface area contributed by atoms with Crippen LogP contribution in [0.1, 0.15) is 32.3 Å². The van der Waals surface area contributed by atoms with Gasteiger partial charge in [-0.1, -0.05) is 6.92 Å². The first kappa shape index (κ1) is 25.4. The molecule has 2 aromatic carbocycles. The van der Waals surface area contributed by atoms with Crippen LogP contribution in [0.15, 0.2) is 50.6 Å². The summed E-state index contributed by atoms with van der Waals surface area (Å²) in [6.07, 6.45) is 1.68. The zero-order chi connectivity index (χ0) is 25.2. The number of anilines is 1. The number of oxazole rings is 1. The topological polar surface area (TPSA) is 145 Å². The molecule has 0 amide bonds. The summed E-state index contributed by atoms with van der Waals surface area (Å²) in [7, 11) is -7.32. The van der Waals surface area contributed by atoms with E-state index < -0.39 is 19.9 Å². The second kappa shape index (κ2) is 10.1. The van der Waals surface area contributed by atoms with Gasteiger partial charge in [0.2, 0.25) is 10.0 Å². The number of sulfone groups is 1. The van der Waals surface area contributed by atoms with E-state index in [1.165, 1.54) is 18.2 Å². The standard InChI is InChI=1S/C23H30N4O6S2/c1-3-32-18-11-16(12-20(13-18)34(28,29)4-2)15-27(17-7-9-25-10-8-17)23-26-21-14-19(35(24,30)31)5-6-22(21)33-23/h5-6,11-14,17,25H,3-4,7-10,15H2,1-2H3,(H2,24,30,31). The fraction of sp³-hybridized carbons (Fsp3) is 0.435. The summed E-state index contributed by atoms with van der Waals surface area (Å²) in [4.78, 5) is 6.74. The van der Waals surface area contributed by atoms with Crippen LogP contribution in [0, 0.1) is 0 Å². The van der Waals surface area contributed by atoms with Crippen LogP contribution in [0.2, 0.25) is 0 Å². The fourth-order valence-corrected chi connectivity index (χ4v) is 5.67. The van der Waals surface area contributed by atoms with E-state index in [2.05, 4.69) is 10.3 Å². The second-order valence-electron chi connectivity index (χ2n) is 8.43. The van der Waals surface area contributed by atoms with Crippen molar-refractivity contribution >= 4 is 37.0 Å². The van der Waals surface area contributed by atoms with E-state index in [0.717, 1.165) is 31.5 Å². The normalized spacial score (nSPS) is 15.4. The van der Waals surface area contributed by atoms with Crippen LogP contribution in [0.25, 0.3) is 11.1 Å². The minimum absolute atomic E-state index is 0.0163. The molecule has 1 fully saturated rings. The summed E-state index contributed by atoms with van der Waals surface area (Å²) in [5, 5.41) is 8.61. The zero-order valence-electron chi connectivity index (χ0n) is 19.7. The van der Waals surface area contributed by atoms with Crippen molar-refractivity contribution in [3.05, 3.63) is 42.0 Å². The maximum Gasteiger partial charge on any atom is 0.298 e. The quantitative estimate of drug-likeness (QED) is 0.433. The SMILES string of the molecule is CCOc1cc(CN(c2nc3cc(S(N)(=O)=O)ccc3o2)C2CCNCC2)cc(S(=O)(=O)CC)c1. The first-order valence-electron chi connectivity index (χ1n) is 11.5. The smallest absolute Gasteiger partial charge is 0.298 e. The average Bonchev–Trinajstić information content (AvgIpc) is 3.26. The molecule has 0 aliphatic carbocycles. The number of primary sulfonamides is 1. The molecule has 0 atom stereocenters. The van der Waals surface area contributed by atoms with Crippen molar-refractivity contribution in [2.45, 2.75) is 49.1 Å². The number of benzene rings is 2. The van der Waals surface area contributed by atoms with Crippen molar-refractivity contribution in [2.75, 3.05) is 30.3 Å². The van der Waals surface area contributed by atoms with Crippen LogP contribution < -0.4 is 20.1 Å². The molecule has 0 saturated carbocycles. The number of fused-ring (bicyclic) bond motifs is 1. The third-order valence-corrected chi connectivity index (χ3v) is 8.64. The highest BCUT2D eigenvalue weighted by Gasteiger charge is 2.27. The molecule has 0 unspecified atom stereocenters. The number of piperidine rings is 1. The summed E-state index contributed by atoms with van der Waals surface area (Å²) < 4.78 is 60.5. The van der Waals surface area contributed by atoms with Gasteiger partial charge in [0.05, 0.1) is 22.2 Å². The average molecular weight is 523 g/mol. The number of nitrogens with one attached hydrogen (secondary N) is 1. The molecule has 2 heterocycles. The van der Waals surface area contributed by atoms with Crippen molar-refractivity contribution in [3.8, 4) is 5.75 Å². The zero-order valence-corrected chi connectivity index (χ0v) is 21.4. The van der Waals surface area contributed by atoms with Crippen molar-refractivity contribution in [2.24, 2.45) is 5.14 Å². The Morgan fingerprint density at radius 2 is 1.83 bits per heavy atom. The molecule has 0 radical (unpaired) electrons. The lowest BCUT2D eigenvalue weighted by atomic mass is 10.0. The molecule has 35 heavy (non-hydrogen) atoms. The predicted octanol–water partition coefficient (Wildman–Crippen LogP) is 2.43. The Kier molecular flexibility index (Phi) is 7.36. The van der Waals surface area contributed by atoms with Gasteiger partial charge in [-0.15, -0.1) is 0 Å². The van der Waals surface area contributed by atoms with Crippen LogP contribution in [0.5, 0.6) is 5.75 Å². The Hall–Kier alpha value is -2.67. The Balaban J connectivity index is 1.77. The highest BCUT2D eigenvalue weighted by Crippen LogP contribution is 2.30. The highest BCUT2D eigenvalue weighted by atomic mass is 32.2. The molecule has 0 bridgehead atoms. The lowest BCUT2D eigenvalue weighted by Crippen LogP contribution is -2.43. The van der Waals surface area contributed by atoms with E-state index in [1.807, 2.05) is 17.9 Å². The molecule has 0 spiro atoms. The number of rotatable bonds is 9. The van der Waals surface area contributed by atoms with E-state index >= 15 is 0 Å². The Morgan fingerprint density at radius 3 is 2.49 bits per heavy atom.